The monoisotopic (exact) mass is 374 g/mol. The molecule has 6 nitrogen and oxygen atoms in total. The molecular weight excluding hydrogens is 352 g/mol. The molecule has 0 bridgehead atoms. The lowest BCUT2D eigenvalue weighted by Gasteiger charge is -2.30. The normalized spacial score (nSPS) is 16.2. The lowest BCUT2D eigenvalue weighted by Crippen LogP contribution is -2.47. The molecule has 0 radical (unpaired) electrons. The molecule has 0 saturated carbocycles. The minimum Gasteiger partial charge on any atom is -0.378 e. The van der Waals surface area contributed by atoms with Crippen LogP contribution in [0.4, 0.5) is 0 Å². The highest BCUT2D eigenvalue weighted by molar-refractivity contribution is 7.88. The van der Waals surface area contributed by atoms with Gasteiger partial charge in [0.2, 0.25) is 15.9 Å². The summed E-state index contributed by atoms with van der Waals surface area (Å²) in [6.07, 6.45) is 0. The van der Waals surface area contributed by atoms with E-state index in [-0.39, 0.29) is 11.7 Å². The smallest absolute Gasteiger partial charge is 0.245 e. The highest BCUT2D eigenvalue weighted by Crippen LogP contribution is 2.19. The van der Waals surface area contributed by atoms with Gasteiger partial charge < -0.3 is 9.64 Å². The average Bonchev–Trinajstić information content (AvgIpc) is 2.67. The zero-order chi connectivity index (χ0) is 18.4. The van der Waals surface area contributed by atoms with E-state index < -0.39 is 16.1 Å². The van der Waals surface area contributed by atoms with Crippen molar-refractivity contribution in [2.24, 2.45) is 0 Å². The first kappa shape index (κ1) is 18.6. The van der Waals surface area contributed by atoms with E-state index in [0.717, 1.165) is 0 Å². The van der Waals surface area contributed by atoms with Crippen molar-refractivity contribution in [3.05, 3.63) is 71.8 Å². The molecule has 26 heavy (non-hydrogen) atoms. The van der Waals surface area contributed by atoms with Crippen LogP contribution < -0.4 is 4.72 Å². The number of hydrogen-bond donors (Lipinski definition) is 1. The molecule has 7 heteroatoms. The molecule has 1 saturated heterocycles. The number of carbonyl (C=O) groups excluding carboxylic acids is 1. The van der Waals surface area contributed by atoms with Gasteiger partial charge in [0.05, 0.1) is 19.0 Å². The van der Waals surface area contributed by atoms with E-state index >= 15 is 0 Å². The number of nitrogens with one attached hydrogen (secondary N) is 1. The number of carbonyl (C=O) groups is 1. The number of sulfonamides is 1. The SMILES string of the molecule is O=C([C@@H](NS(=O)(=O)Cc1ccccc1)c1ccccc1)N1CCOCC1. The minimum absolute atomic E-state index is 0.173. The number of hydrogen-bond acceptors (Lipinski definition) is 4. The lowest BCUT2D eigenvalue weighted by molar-refractivity contribution is -0.137. The van der Waals surface area contributed by atoms with Gasteiger partial charge >= 0.3 is 0 Å². The van der Waals surface area contributed by atoms with Gasteiger partial charge in [0, 0.05) is 13.1 Å². The van der Waals surface area contributed by atoms with E-state index in [2.05, 4.69) is 4.72 Å². The molecule has 0 aliphatic carbocycles. The van der Waals surface area contributed by atoms with Gasteiger partial charge in [-0.2, -0.15) is 4.72 Å². The summed E-state index contributed by atoms with van der Waals surface area (Å²) in [6, 6.07) is 16.9. The van der Waals surface area contributed by atoms with Crippen LogP contribution in [0.15, 0.2) is 60.7 Å². The summed E-state index contributed by atoms with van der Waals surface area (Å²) in [6.45, 7) is 1.85. The van der Waals surface area contributed by atoms with Gasteiger partial charge in [-0.05, 0) is 11.1 Å². The Bertz CT molecular complexity index is 819. The van der Waals surface area contributed by atoms with Crippen LogP contribution in [0.1, 0.15) is 17.2 Å². The second-order valence-electron chi connectivity index (χ2n) is 6.14. The van der Waals surface area contributed by atoms with Crippen molar-refractivity contribution >= 4 is 15.9 Å². The van der Waals surface area contributed by atoms with Crippen LogP contribution in [0.5, 0.6) is 0 Å². The van der Waals surface area contributed by atoms with Crippen LogP contribution in [0.2, 0.25) is 0 Å². The molecule has 2 aromatic rings. The van der Waals surface area contributed by atoms with Crippen molar-refractivity contribution in [2.75, 3.05) is 26.3 Å². The first-order chi connectivity index (χ1) is 12.6. The standard InChI is InChI=1S/C19H22N2O4S/c22-19(21-11-13-25-14-12-21)18(17-9-5-2-6-10-17)20-26(23,24)15-16-7-3-1-4-8-16/h1-10,18,20H,11-15H2/t18-/m0/s1. The Morgan fingerprint density at radius 2 is 1.58 bits per heavy atom. The maximum atomic E-state index is 13.0. The third-order valence-electron chi connectivity index (χ3n) is 4.20. The number of ether oxygens (including phenoxy) is 1. The average molecular weight is 374 g/mol. The van der Waals surface area contributed by atoms with E-state index in [1.807, 2.05) is 12.1 Å². The van der Waals surface area contributed by atoms with E-state index in [9.17, 15) is 13.2 Å². The molecule has 1 atom stereocenters. The molecule has 1 N–H and O–H groups in total. The number of rotatable bonds is 6. The molecule has 138 valence electrons. The van der Waals surface area contributed by atoms with E-state index in [4.69, 9.17) is 4.74 Å². The summed E-state index contributed by atoms with van der Waals surface area (Å²) < 4.78 is 33.2. The van der Waals surface area contributed by atoms with Crippen LogP contribution in [0.25, 0.3) is 0 Å². The molecule has 0 aromatic heterocycles. The lowest BCUT2D eigenvalue weighted by atomic mass is 10.1. The van der Waals surface area contributed by atoms with Gasteiger partial charge in [0.15, 0.2) is 0 Å². The summed E-state index contributed by atoms with van der Waals surface area (Å²) in [4.78, 5) is 14.6. The first-order valence-electron chi connectivity index (χ1n) is 8.50. The summed E-state index contributed by atoms with van der Waals surface area (Å²) in [5.74, 6) is -0.427. The number of morpholine rings is 1. The van der Waals surface area contributed by atoms with Crippen LogP contribution in [-0.4, -0.2) is 45.5 Å². The molecule has 1 heterocycles. The quantitative estimate of drug-likeness (QED) is 0.835. The molecular formula is C19H22N2O4S. The van der Waals surface area contributed by atoms with E-state index in [1.54, 1.807) is 53.4 Å². The fourth-order valence-corrected chi connectivity index (χ4v) is 4.20. The molecule has 1 fully saturated rings. The van der Waals surface area contributed by atoms with Crippen LogP contribution in [0.3, 0.4) is 0 Å². The summed E-state index contributed by atoms with van der Waals surface area (Å²) in [7, 11) is -3.69. The Labute approximate surface area is 153 Å². The van der Waals surface area contributed by atoms with E-state index in [0.29, 0.717) is 37.4 Å². The van der Waals surface area contributed by atoms with Crippen molar-refractivity contribution in [2.45, 2.75) is 11.8 Å². The summed E-state index contributed by atoms with van der Waals surface area (Å²) in [5, 5.41) is 0. The van der Waals surface area contributed by atoms with Crippen LogP contribution >= 0.6 is 0 Å². The third-order valence-corrected chi connectivity index (χ3v) is 5.51. The Kier molecular flexibility index (Phi) is 6.03. The van der Waals surface area contributed by atoms with Crippen molar-refractivity contribution in [3.63, 3.8) is 0 Å². The third kappa shape index (κ3) is 4.91. The second-order valence-corrected chi connectivity index (χ2v) is 7.90. The minimum atomic E-state index is -3.69. The Morgan fingerprint density at radius 1 is 1.00 bits per heavy atom. The fraction of sp³-hybridized carbons (Fsp3) is 0.316. The van der Waals surface area contributed by atoms with Crippen molar-refractivity contribution in [3.8, 4) is 0 Å². The van der Waals surface area contributed by atoms with Crippen LogP contribution in [0, 0.1) is 0 Å². The molecule has 0 unspecified atom stereocenters. The van der Waals surface area contributed by atoms with E-state index in [1.165, 1.54) is 0 Å². The first-order valence-corrected chi connectivity index (χ1v) is 10.2. The summed E-state index contributed by atoms with van der Waals surface area (Å²) in [5.41, 5.74) is 1.30. The molecule has 2 aromatic carbocycles. The fourth-order valence-electron chi connectivity index (χ4n) is 2.89. The molecule has 3 rings (SSSR count). The van der Waals surface area contributed by atoms with Gasteiger partial charge in [-0.25, -0.2) is 8.42 Å². The van der Waals surface area contributed by atoms with Gasteiger partial charge in [-0.15, -0.1) is 0 Å². The maximum absolute atomic E-state index is 13.0. The van der Waals surface area contributed by atoms with Crippen molar-refractivity contribution < 1.29 is 17.9 Å². The molecule has 1 amide bonds. The number of amides is 1. The van der Waals surface area contributed by atoms with Gasteiger partial charge in [-0.1, -0.05) is 60.7 Å². The Hall–Kier alpha value is -2.22. The Balaban J connectivity index is 1.82. The van der Waals surface area contributed by atoms with Crippen molar-refractivity contribution in [1.82, 2.24) is 9.62 Å². The zero-order valence-electron chi connectivity index (χ0n) is 14.4. The summed E-state index contributed by atoms with van der Waals surface area (Å²) >= 11 is 0. The maximum Gasteiger partial charge on any atom is 0.245 e. The predicted molar refractivity (Wildman–Crippen MR) is 98.8 cm³/mol. The molecule has 0 spiro atoms. The molecule has 1 aliphatic heterocycles. The topological polar surface area (TPSA) is 75.7 Å². The second kappa shape index (κ2) is 8.44. The zero-order valence-corrected chi connectivity index (χ0v) is 15.2. The number of benzene rings is 2. The molecule has 1 aliphatic rings. The van der Waals surface area contributed by atoms with Crippen LogP contribution in [-0.2, 0) is 25.3 Å². The van der Waals surface area contributed by atoms with Crippen molar-refractivity contribution in [1.29, 1.82) is 0 Å². The largest absolute Gasteiger partial charge is 0.378 e. The highest BCUT2D eigenvalue weighted by Gasteiger charge is 2.30. The van der Waals surface area contributed by atoms with Gasteiger partial charge in [0.1, 0.15) is 6.04 Å². The Morgan fingerprint density at radius 3 is 2.19 bits per heavy atom. The van der Waals surface area contributed by atoms with Gasteiger partial charge in [0.25, 0.3) is 0 Å². The highest BCUT2D eigenvalue weighted by atomic mass is 32.2. The number of nitrogens with zero attached hydrogens (tertiary/aromatic N) is 1. The van der Waals surface area contributed by atoms with Gasteiger partial charge in [-0.3, -0.25) is 4.79 Å². The predicted octanol–water partition coefficient (Wildman–Crippen LogP) is 1.71.